The first-order valence-electron chi connectivity index (χ1n) is 6.79. The number of rotatable bonds is 4. The van der Waals surface area contributed by atoms with E-state index in [1.807, 2.05) is 0 Å². The Balaban J connectivity index is 2.44. The Morgan fingerprint density at radius 1 is 1.27 bits per heavy atom. The Labute approximate surface area is 125 Å². The molecule has 7 heteroatoms. The molecule has 0 saturated carbocycles. The maximum atomic E-state index is 12.8. The van der Waals surface area contributed by atoms with Gasteiger partial charge in [-0.2, -0.15) is 18.3 Å². The summed E-state index contributed by atoms with van der Waals surface area (Å²) >= 11 is 0. The third-order valence-corrected chi connectivity index (χ3v) is 3.05. The minimum Gasteiger partial charge on any atom is -0.461 e. The second kappa shape index (κ2) is 6.21. The first-order chi connectivity index (χ1) is 10.4. The van der Waals surface area contributed by atoms with Crippen molar-refractivity contribution in [2.45, 2.75) is 26.6 Å². The predicted molar refractivity (Wildman–Crippen MR) is 74.3 cm³/mol. The Morgan fingerprint density at radius 2 is 2.00 bits per heavy atom. The highest BCUT2D eigenvalue weighted by Gasteiger charge is 2.30. The van der Waals surface area contributed by atoms with Crippen LogP contribution in [0.5, 0.6) is 0 Å². The van der Waals surface area contributed by atoms with E-state index in [2.05, 4.69) is 5.10 Å². The first-order valence-corrected chi connectivity index (χ1v) is 6.79. The molecule has 1 heterocycles. The number of carbonyl (C=O) groups is 1. The van der Waals surface area contributed by atoms with Crippen molar-refractivity contribution in [3.63, 3.8) is 0 Å². The Kier molecular flexibility index (Phi) is 4.54. The lowest BCUT2D eigenvalue weighted by Crippen LogP contribution is -2.12. The number of hydrogen-bond donors (Lipinski definition) is 0. The molecule has 0 aliphatic rings. The fourth-order valence-corrected chi connectivity index (χ4v) is 2.02. The average Bonchev–Trinajstić information content (AvgIpc) is 2.91. The first kappa shape index (κ1) is 16.1. The molecule has 0 spiro atoms. The van der Waals surface area contributed by atoms with E-state index in [-0.39, 0.29) is 12.3 Å². The fourth-order valence-electron chi connectivity index (χ4n) is 2.02. The molecule has 0 unspecified atom stereocenters. The van der Waals surface area contributed by atoms with E-state index in [0.717, 1.165) is 12.1 Å². The van der Waals surface area contributed by atoms with Crippen LogP contribution in [0.4, 0.5) is 13.2 Å². The monoisotopic (exact) mass is 312 g/mol. The van der Waals surface area contributed by atoms with Gasteiger partial charge in [0.1, 0.15) is 5.69 Å². The smallest absolute Gasteiger partial charge is 0.416 e. The number of aryl methyl sites for hydroxylation is 1. The van der Waals surface area contributed by atoms with Crippen molar-refractivity contribution in [3.05, 3.63) is 41.6 Å². The Hall–Kier alpha value is -2.31. The maximum absolute atomic E-state index is 12.8. The van der Waals surface area contributed by atoms with Gasteiger partial charge >= 0.3 is 12.1 Å². The summed E-state index contributed by atoms with van der Waals surface area (Å²) in [5.74, 6) is -0.546. The van der Waals surface area contributed by atoms with Crippen molar-refractivity contribution >= 4 is 5.97 Å². The van der Waals surface area contributed by atoms with Crippen LogP contribution in [0.1, 0.15) is 29.9 Å². The molecule has 2 rings (SSSR count). The number of hydrogen-bond acceptors (Lipinski definition) is 3. The number of esters is 1. The molecular formula is C15H15F3N2O2. The van der Waals surface area contributed by atoms with E-state index in [4.69, 9.17) is 4.74 Å². The van der Waals surface area contributed by atoms with E-state index >= 15 is 0 Å². The van der Waals surface area contributed by atoms with E-state index in [9.17, 15) is 18.0 Å². The lowest BCUT2D eigenvalue weighted by Gasteiger charge is -2.07. The van der Waals surface area contributed by atoms with Crippen LogP contribution in [0, 0.1) is 0 Å². The highest BCUT2D eigenvalue weighted by molar-refractivity contribution is 5.89. The van der Waals surface area contributed by atoms with Gasteiger partial charge in [0, 0.05) is 12.1 Å². The lowest BCUT2D eigenvalue weighted by atomic mass is 10.1. The number of nitrogens with zero attached hydrogens (tertiary/aromatic N) is 2. The third kappa shape index (κ3) is 3.29. The standard InChI is InChI=1S/C15H15F3N2O2/c1-3-20-13(14(21)22-4-2)9-12(19-20)10-6-5-7-11(8-10)15(16,17)18/h5-9H,3-4H2,1-2H3. The summed E-state index contributed by atoms with van der Waals surface area (Å²) in [6, 6.07) is 6.28. The van der Waals surface area contributed by atoms with Crippen LogP contribution in [0.2, 0.25) is 0 Å². The van der Waals surface area contributed by atoms with Crippen LogP contribution in [-0.2, 0) is 17.5 Å². The molecule has 4 nitrogen and oxygen atoms in total. The van der Waals surface area contributed by atoms with Crippen LogP contribution < -0.4 is 0 Å². The van der Waals surface area contributed by atoms with Gasteiger partial charge in [0.2, 0.25) is 0 Å². The summed E-state index contributed by atoms with van der Waals surface area (Å²) in [6.07, 6.45) is -4.42. The van der Waals surface area contributed by atoms with Gasteiger partial charge in [-0.1, -0.05) is 12.1 Å². The summed E-state index contributed by atoms with van der Waals surface area (Å²) in [6.45, 7) is 4.09. The molecule has 0 saturated heterocycles. The van der Waals surface area contributed by atoms with Gasteiger partial charge in [-0.3, -0.25) is 4.68 Å². The van der Waals surface area contributed by atoms with Gasteiger partial charge in [-0.05, 0) is 32.0 Å². The van der Waals surface area contributed by atoms with Crippen molar-refractivity contribution in [2.24, 2.45) is 0 Å². The molecule has 0 N–H and O–H groups in total. The number of aromatic nitrogens is 2. The largest absolute Gasteiger partial charge is 0.461 e. The van der Waals surface area contributed by atoms with E-state index < -0.39 is 17.7 Å². The molecule has 0 amide bonds. The average molecular weight is 312 g/mol. The van der Waals surface area contributed by atoms with Gasteiger partial charge in [0.25, 0.3) is 0 Å². The number of benzene rings is 1. The number of halogens is 3. The highest BCUT2D eigenvalue weighted by atomic mass is 19.4. The number of alkyl halides is 3. The number of carbonyl (C=O) groups excluding carboxylic acids is 1. The Bertz CT molecular complexity index is 678. The zero-order valence-electron chi connectivity index (χ0n) is 12.1. The van der Waals surface area contributed by atoms with E-state index in [0.29, 0.717) is 17.8 Å². The molecule has 0 fully saturated rings. The topological polar surface area (TPSA) is 44.1 Å². The second-order valence-corrected chi connectivity index (χ2v) is 4.53. The highest BCUT2D eigenvalue weighted by Crippen LogP contribution is 2.32. The molecule has 0 bridgehead atoms. The second-order valence-electron chi connectivity index (χ2n) is 4.53. The summed E-state index contributed by atoms with van der Waals surface area (Å²) in [5.41, 5.74) is 0.0640. The molecular weight excluding hydrogens is 297 g/mol. The molecule has 0 aliphatic carbocycles. The maximum Gasteiger partial charge on any atom is 0.416 e. The van der Waals surface area contributed by atoms with Crippen LogP contribution in [-0.4, -0.2) is 22.4 Å². The van der Waals surface area contributed by atoms with Gasteiger partial charge in [0.05, 0.1) is 17.9 Å². The van der Waals surface area contributed by atoms with Crippen LogP contribution in [0.3, 0.4) is 0 Å². The zero-order valence-corrected chi connectivity index (χ0v) is 12.1. The summed E-state index contributed by atoms with van der Waals surface area (Å²) in [7, 11) is 0. The molecule has 118 valence electrons. The zero-order chi connectivity index (χ0) is 16.3. The summed E-state index contributed by atoms with van der Waals surface area (Å²) < 4.78 is 44.6. The predicted octanol–water partition coefficient (Wildman–Crippen LogP) is 3.77. The van der Waals surface area contributed by atoms with Crippen LogP contribution in [0.15, 0.2) is 30.3 Å². The summed E-state index contributed by atoms with van der Waals surface area (Å²) in [4.78, 5) is 11.8. The molecule has 22 heavy (non-hydrogen) atoms. The van der Waals surface area contributed by atoms with Gasteiger partial charge < -0.3 is 4.74 Å². The molecule has 0 radical (unpaired) electrons. The molecule has 1 aromatic carbocycles. The molecule has 2 aromatic rings. The van der Waals surface area contributed by atoms with E-state index in [1.165, 1.54) is 22.9 Å². The third-order valence-electron chi connectivity index (χ3n) is 3.05. The van der Waals surface area contributed by atoms with Gasteiger partial charge in [-0.15, -0.1) is 0 Å². The summed E-state index contributed by atoms with van der Waals surface area (Å²) in [5, 5.41) is 4.17. The lowest BCUT2D eigenvalue weighted by molar-refractivity contribution is -0.137. The van der Waals surface area contributed by atoms with Crippen molar-refractivity contribution in [1.82, 2.24) is 9.78 Å². The SMILES string of the molecule is CCOC(=O)c1cc(-c2cccc(C(F)(F)F)c2)nn1CC. The molecule has 1 aromatic heterocycles. The van der Waals surface area contributed by atoms with Crippen molar-refractivity contribution in [2.75, 3.05) is 6.61 Å². The fraction of sp³-hybridized carbons (Fsp3) is 0.333. The van der Waals surface area contributed by atoms with Crippen LogP contribution in [0.25, 0.3) is 11.3 Å². The van der Waals surface area contributed by atoms with Gasteiger partial charge in [0.15, 0.2) is 0 Å². The minimum absolute atomic E-state index is 0.215. The quantitative estimate of drug-likeness (QED) is 0.807. The minimum atomic E-state index is -4.42. The molecule has 0 aliphatic heterocycles. The number of ether oxygens (including phenoxy) is 1. The normalized spacial score (nSPS) is 11.5. The van der Waals surface area contributed by atoms with Crippen molar-refractivity contribution in [1.29, 1.82) is 0 Å². The van der Waals surface area contributed by atoms with Gasteiger partial charge in [-0.25, -0.2) is 4.79 Å². The Morgan fingerprint density at radius 3 is 2.59 bits per heavy atom. The van der Waals surface area contributed by atoms with Crippen LogP contribution >= 0.6 is 0 Å². The molecule has 0 atom stereocenters. The van der Waals surface area contributed by atoms with E-state index in [1.54, 1.807) is 13.8 Å². The van der Waals surface area contributed by atoms with Crippen molar-refractivity contribution < 1.29 is 22.7 Å². The van der Waals surface area contributed by atoms with Crippen molar-refractivity contribution in [3.8, 4) is 11.3 Å².